The number of rotatable bonds is 8. The standard InChI is InChI=1S/C27H32N4O2/c1-3-15-33-24-9-7-21(8-10-24)18-28-27(32)22-11-13-31(14-12-22)26-17-25(29-19-30-26)23-6-4-5-20(2)16-23/h4-10,16-17,19,22H,3,11-15,18H2,1-2H3,(H,28,32). The molecule has 1 amide bonds. The van der Waals surface area contributed by atoms with Gasteiger partial charge in [0.15, 0.2) is 0 Å². The van der Waals surface area contributed by atoms with E-state index in [0.717, 1.165) is 67.3 Å². The quantitative estimate of drug-likeness (QED) is 0.542. The molecule has 6 heteroatoms. The van der Waals surface area contributed by atoms with Gasteiger partial charge in [-0.05, 0) is 49.9 Å². The fraction of sp³-hybridized carbons (Fsp3) is 0.370. The van der Waals surface area contributed by atoms with Crippen LogP contribution in [0, 0.1) is 12.8 Å². The molecule has 3 aromatic rings. The number of ether oxygens (including phenoxy) is 1. The van der Waals surface area contributed by atoms with Crippen LogP contribution in [0.3, 0.4) is 0 Å². The number of piperidine rings is 1. The average molecular weight is 445 g/mol. The van der Waals surface area contributed by atoms with Gasteiger partial charge in [-0.25, -0.2) is 9.97 Å². The van der Waals surface area contributed by atoms with Gasteiger partial charge in [-0.2, -0.15) is 0 Å². The van der Waals surface area contributed by atoms with Crippen molar-refractivity contribution < 1.29 is 9.53 Å². The van der Waals surface area contributed by atoms with E-state index in [4.69, 9.17) is 4.74 Å². The lowest BCUT2D eigenvalue weighted by Crippen LogP contribution is -2.40. The van der Waals surface area contributed by atoms with Crippen LogP contribution >= 0.6 is 0 Å². The topological polar surface area (TPSA) is 67.3 Å². The highest BCUT2D eigenvalue weighted by Crippen LogP contribution is 2.25. The van der Waals surface area contributed by atoms with E-state index < -0.39 is 0 Å². The number of hydrogen-bond donors (Lipinski definition) is 1. The second-order valence-electron chi connectivity index (χ2n) is 8.60. The number of benzene rings is 2. The van der Waals surface area contributed by atoms with Gasteiger partial charge in [0.25, 0.3) is 0 Å². The lowest BCUT2D eigenvalue weighted by Gasteiger charge is -2.32. The zero-order chi connectivity index (χ0) is 23.0. The molecule has 1 aliphatic rings. The van der Waals surface area contributed by atoms with Crippen molar-refractivity contribution in [3.8, 4) is 17.0 Å². The average Bonchev–Trinajstić information content (AvgIpc) is 2.87. The summed E-state index contributed by atoms with van der Waals surface area (Å²) in [7, 11) is 0. The summed E-state index contributed by atoms with van der Waals surface area (Å²) >= 11 is 0. The van der Waals surface area contributed by atoms with Crippen LogP contribution in [0.5, 0.6) is 5.75 Å². The number of aromatic nitrogens is 2. The number of anilines is 1. The normalized spacial score (nSPS) is 14.2. The summed E-state index contributed by atoms with van der Waals surface area (Å²) in [5.41, 5.74) is 4.31. The Morgan fingerprint density at radius 2 is 1.88 bits per heavy atom. The van der Waals surface area contributed by atoms with Crippen molar-refractivity contribution in [3.05, 3.63) is 72.1 Å². The van der Waals surface area contributed by atoms with Crippen LogP contribution in [0.1, 0.15) is 37.3 Å². The molecule has 33 heavy (non-hydrogen) atoms. The maximum Gasteiger partial charge on any atom is 0.223 e. The van der Waals surface area contributed by atoms with Gasteiger partial charge in [0.1, 0.15) is 17.9 Å². The lowest BCUT2D eigenvalue weighted by atomic mass is 9.95. The number of hydrogen-bond acceptors (Lipinski definition) is 5. The Bertz CT molecular complexity index is 1060. The van der Waals surface area contributed by atoms with E-state index in [1.807, 2.05) is 36.4 Å². The number of nitrogens with zero attached hydrogens (tertiary/aromatic N) is 3. The highest BCUT2D eigenvalue weighted by molar-refractivity contribution is 5.79. The van der Waals surface area contributed by atoms with Crippen molar-refractivity contribution in [3.63, 3.8) is 0 Å². The predicted octanol–water partition coefficient (Wildman–Crippen LogP) is 4.77. The van der Waals surface area contributed by atoms with Crippen LogP contribution in [0.25, 0.3) is 11.3 Å². The summed E-state index contributed by atoms with van der Waals surface area (Å²) in [4.78, 5) is 23.9. The van der Waals surface area contributed by atoms with Crippen LogP contribution < -0.4 is 15.0 Å². The summed E-state index contributed by atoms with van der Waals surface area (Å²) in [6.07, 6.45) is 4.25. The molecule has 0 radical (unpaired) electrons. The molecule has 0 spiro atoms. The maximum atomic E-state index is 12.7. The highest BCUT2D eigenvalue weighted by atomic mass is 16.5. The minimum absolute atomic E-state index is 0.0338. The Morgan fingerprint density at radius 1 is 1.09 bits per heavy atom. The van der Waals surface area contributed by atoms with E-state index in [1.165, 1.54) is 5.56 Å². The molecule has 1 saturated heterocycles. The van der Waals surface area contributed by atoms with Crippen molar-refractivity contribution >= 4 is 11.7 Å². The number of carbonyl (C=O) groups excluding carboxylic acids is 1. The maximum absolute atomic E-state index is 12.7. The van der Waals surface area contributed by atoms with E-state index in [-0.39, 0.29) is 11.8 Å². The zero-order valence-corrected chi connectivity index (χ0v) is 19.5. The number of aryl methyl sites for hydroxylation is 1. The first-order valence-corrected chi connectivity index (χ1v) is 11.8. The van der Waals surface area contributed by atoms with E-state index in [0.29, 0.717) is 6.54 Å². The Balaban J connectivity index is 1.28. The second kappa shape index (κ2) is 10.9. The van der Waals surface area contributed by atoms with Gasteiger partial charge in [-0.1, -0.05) is 42.8 Å². The van der Waals surface area contributed by atoms with E-state index >= 15 is 0 Å². The molecule has 1 aliphatic heterocycles. The molecule has 0 unspecified atom stereocenters. The summed E-state index contributed by atoms with van der Waals surface area (Å²) < 4.78 is 5.61. The van der Waals surface area contributed by atoms with Crippen molar-refractivity contribution in [2.45, 2.75) is 39.7 Å². The highest BCUT2D eigenvalue weighted by Gasteiger charge is 2.25. The molecule has 6 nitrogen and oxygen atoms in total. The molecule has 1 fully saturated rings. The van der Waals surface area contributed by atoms with Gasteiger partial charge in [0, 0.05) is 37.2 Å². The summed E-state index contributed by atoms with van der Waals surface area (Å²) in [5, 5.41) is 3.10. The first-order chi connectivity index (χ1) is 16.1. The Kier molecular flexibility index (Phi) is 7.55. The largest absolute Gasteiger partial charge is 0.494 e. The van der Waals surface area contributed by atoms with Crippen molar-refractivity contribution in [1.29, 1.82) is 0 Å². The second-order valence-corrected chi connectivity index (χ2v) is 8.60. The summed E-state index contributed by atoms with van der Waals surface area (Å²) in [6.45, 7) is 7.05. The lowest BCUT2D eigenvalue weighted by molar-refractivity contribution is -0.125. The van der Waals surface area contributed by atoms with Crippen LogP contribution in [-0.2, 0) is 11.3 Å². The van der Waals surface area contributed by atoms with Crippen LogP contribution in [-0.4, -0.2) is 35.6 Å². The van der Waals surface area contributed by atoms with Crippen LogP contribution in [0.15, 0.2) is 60.9 Å². The SMILES string of the molecule is CCCOc1ccc(CNC(=O)C2CCN(c3cc(-c4cccc(C)c4)ncn3)CC2)cc1. The molecule has 0 atom stereocenters. The van der Waals surface area contributed by atoms with E-state index in [1.54, 1.807) is 6.33 Å². The molecule has 1 N–H and O–H groups in total. The van der Waals surface area contributed by atoms with Crippen LogP contribution in [0.4, 0.5) is 5.82 Å². The molecule has 0 saturated carbocycles. The number of amides is 1. The van der Waals surface area contributed by atoms with Gasteiger partial charge in [-0.3, -0.25) is 4.79 Å². The Hall–Kier alpha value is -3.41. The van der Waals surface area contributed by atoms with E-state index in [2.05, 4.69) is 52.2 Å². The van der Waals surface area contributed by atoms with Gasteiger partial charge < -0.3 is 15.0 Å². The monoisotopic (exact) mass is 444 g/mol. The smallest absolute Gasteiger partial charge is 0.223 e. The summed E-state index contributed by atoms with van der Waals surface area (Å²) in [5.74, 6) is 1.95. The molecule has 0 bridgehead atoms. The number of carbonyl (C=O) groups is 1. The predicted molar refractivity (Wildman–Crippen MR) is 131 cm³/mol. The molecular weight excluding hydrogens is 412 g/mol. The third-order valence-electron chi connectivity index (χ3n) is 6.02. The third-order valence-corrected chi connectivity index (χ3v) is 6.02. The van der Waals surface area contributed by atoms with Gasteiger partial charge in [0.05, 0.1) is 12.3 Å². The molecular formula is C27H32N4O2. The third kappa shape index (κ3) is 6.09. The first-order valence-electron chi connectivity index (χ1n) is 11.8. The molecule has 2 heterocycles. The molecule has 4 rings (SSSR count). The van der Waals surface area contributed by atoms with E-state index in [9.17, 15) is 4.79 Å². The fourth-order valence-electron chi connectivity index (χ4n) is 4.11. The van der Waals surface area contributed by atoms with Gasteiger partial charge in [-0.15, -0.1) is 0 Å². The molecule has 1 aromatic heterocycles. The van der Waals surface area contributed by atoms with Crippen LogP contribution in [0.2, 0.25) is 0 Å². The van der Waals surface area contributed by atoms with Crippen molar-refractivity contribution in [2.24, 2.45) is 5.92 Å². The molecule has 2 aromatic carbocycles. The molecule has 0 aliphatic carbocycles. The van der Waals surface area contributed by atoms with Crippen molar-refractivity contribution in [1.82, 2.24) is 15.3 Å². The Morgan fingerprint density at radius 3 is 2.61 bits per heavy atom. The van der Waals surface area contributed by atoms with Crippen molar-refractivity contribution in [2.75, 3.05) is 24.6 Å². The first kappa shape index (κ1) is 22.8. The minimum atomic E-state index is 0.0338. The zero-order valence-electron chi connectivity index (χ0n) is 19.5. The minimum Gasteiger partial charge on any atom is -0.494 e. The van der Waals surface area contributed by atoms with Gasteiger partial charge >= 0.3 is 0 Å². The molecule has 172 valence electrons. The summed E-state index contributed by atoms with van der Waals surface area (Å²) in [6, 6.07) is 18.3. The van der Waals surface area contributed by atoms with Gasteiger partial charge in [0.2, 0.25) is 5.91 Å². The fourth-order valence-corrected chi connectivity index (χ4v) is 4.11. The Labute approximate surface area is 196 Å². The number of nitrogens with one attached hydrogen (secondary N) is 1.